The number of carbonyl (C=O) groups is 1. The molecule has 1 aromatic heterocycles. The van der Waals surface area contributed by atoms with E-state index in [1.807, 2.05) is 83.8 Å². The van der Waals surface area contributed by atoms with Gasteiger partial charge in [0.15, 0.2) is 0 Å². The number of nitrogens with one attached hydrogen (secondary N) is 2. The molecule has 0 aliphatic carbocycles. The van der Waals surface area contributed by atoms with E-state index in [2.05, 4.69) is 10.3 Å². The Bertz CT molecular complexity index is 1150. The number of imidazole rings is 1. The first-order chi connectivity index (χ1) is 15.3. The average molecular weight is 412 g/mol. The van der Waals surface area contributed by atoms with Crippen LogP contribution < -0.4 is 5.32 Å². The molecule has 31 heavy (non-hydrogen) atoms. The summed E-state index contributed by atoms with van der Waals surface area (Å²) >= 11 is 0. The highest BCUT2D eigenvalue weighted by atomic mass is 16.5. The molecule has 6 nitrogen and oxygen atoms in total. The Morgan fingerprint density at radius 2 is 1.74 bits per heavy atom. The second kappa shape index (κ2) is 8.62. The van der Waals surface area contributed by atoms with Gasteiger partial charge < -0.3 is 19.9 Å². The fourth-order valence-corrected chi connectivity index (χ4v) is 3.91. The van der Waals surface area contributed by atoms with Crippen LogP contribution in [0.15, 0.2) is 78.9 Å². The van der Waals surface area contributed by atoms with E-state index in [1.165, 1.54) is 0 Å². The lowest BCUT2D eigenvalue weighted by molar-refractivity contribution is -0.136. The molecular weight excluding hydrogens is 388 g/mol. The summed E-state index contributed by atoms with van der Waals surface area (Å²) in [4.78, 5) is 23.3. The molecule has 6 heteroatoms. The Balaban J connectivity index is 1.45. The summed E-state index contributed by atoms with van der Waals surface area (Å²) in [5, 5.41) is 3.46. The maximum atomic E-state index is 13.4. The highest BCUT2D eigenvalue weighted by Gasteiger charge is 2.27. The normalized spacial score (nSPS) is 15.0. The van der Waals surface area contributed by atoms with E-state index in [4.69, 9.17) is 9.72 Å². The Morgan fingerprint density at radius 3 is 2.55 bits per heavy atom. The summed E-state index contributed by atoms with van der Waals surface area (Å²) in [6.45, 7) is 2.38. The molecule has 1 amide bonds. The number of fused-ring (bicyclic) bond motifs is 1. The van der Waals surface area contributed by atoms with Crippen molar-refractivity contribution in [2.45, 2.75) is 6.04 Å². The Hall–Kier alpha value is -3.64. The number of benzene rings is 3. The lowest BCUT2D eigenvalue weighted by Gasteiger charge is -2.31. The van der Waals surface area contributed by atoms with Crippen LogP contribution in [0.1, 0.15) is 11.6 Å². The largest absolute Gasteiger partial charge is 0.378 e. The van der Waals surface area contributed by atoms with Crippen LogP contribution in [0.5, 0.6) is 0 Å². The molecule has 0 spiro atoms. The number of ether oxygens (including phenoxy) is 1. The summed E-state index contributed by atoms with van der Waals surface area (Å²) in [6.07, 6.45) is 0. The molecule has 3 aromatic carbocycles. The molecule has 2 N–H and O–H groups in total. The standard InChI is InChI=1S/C25H24N4O2/c30-25(29-13-15-31-16-14-29)23(18-7-2-1-3-8-18)26-20-10-6-9-19(17-20)24-27-21-11-4-5-12-22(21)28-24/h1-12,17,23,26H,13-16H2,(H,27,28). The zero-order valence-corrected chi connectivity index (χ0v) is 17.1. The van der Waals surface area contributed by atoms with Crippen molar-refractivity contribution >= 4 is 22.6 Å². The van der Waals surface area contributed by atoms with Crippen LogP contribution in [0, 0.1) is 0 Å². The minimum atomic E-state index is -0.467. The van der Waals surface area contributed by atoms with Gasteiger partial charge in [0.25, 0.3) is 0 Å². The van der Waals surface area contributed by atoms with E-state index in [-0.39, 0.29) is 5.91 Å². The number of aromatic amines is 1. The van der Waals surface area contributed by atoms with Crippen molar-refractivity contribution in [3.63, 3.8) is 0 Å². The SMILES string of the molecule is O=C(C(Nc1cccc(-c2nc3ccccc3[nH]2)c1)c1ccccc1)N1CCOCC1. The summed E-state index contributed by atoms with van der Waals surface area (Å²) in [7, 11) is 0. The molecule has 156 valence electrons. The van der Waals surface area contributed by atoms with Crippen molar-refractivity contribution in [2.24, 2.45) is 0 Å². The van der Waals surface area contributed by atoms with Crippen LogP contribution in [0.4, 0.5) is 5.69 Å². The van der Waals surface area contributed by atoms with Gasteiger partial charge in [-0.1, -0.05) is 54.6 Å². The number of carbonyl (C=O) groups excluding carboxylic acids is 1. The van der Waals surface area contributed by atoms with Crippen molar-refractivity contribution < 1.29 is 9.53 Å². The highest BCUT2D eigenvalue weighted by molar-refractivity contribution is 5.87. The van der Waals surface area contributed by atoms with Gasteiger partial charge in [-0.3, -0.25) is 4.79 Å². The first kappa shape index (κ1) is 19.3. The highest BCUT2D eigenvalue weighted by Crippen LogP contribution is 2.27. The number of nitrogens with zero attached hydrogens (tertiary/aromatic N) is 2. The van der Waals surface area contributed by atoms with Crippen LogP contribution >= 0.6 is 0 Å². The first-order valence-corrected chi connectivity index (χ1v) is 10.5. The molecule has 5 rings (SSSR count). The summed E-state index contributed by atoms with van der Waals surface area (Å²) in [5.41, 5.74) is 4.70. The molecule has 2 heterocycles. The van der Waals surface area contributed by atoms with Crippen molar-refractivity contribution in [2.75, 3.05) is 31.6 Å². The minimum Gasteiger partial charge on any atom is -0.378 e. The molecule has 0 bridgehead atoms. The second-order valence-electron chi connectivity index (χ2n) is 7.61. The number of hydrogen-bond donors (Lipinski definition) is 2. The Kier molecular flexibility index (Phi) is 5.37. The number of amides is 1. The van der Waals surface area contributed by atoms with Gasteiger partial charge in [0.05, 0.1) is 24.2 Å². The van der Waals surface area contributed by atoms with Gasteiger partial charge >= 0.3 is 0 Å². The second-order valence-corrected chi connectivity index (χ2v) is 7.61. The molecule has 4 aromatic rings. The third-order valence-corrected chi connectivity index (χ3v) is 5.54. The van der Waals surface area contributed by atoms with Crippen LogP contribution in [0.2, 0.25) is 0 Å². The van der Waals surface area contributed by atoms with Gasteiger partial charge in [-0.25, -0.2) is 4.98 Å². The molecule has 1 saturated heterocycles. The third-order valence-electron chi connectivity index (χ3n) is 5.54. The molecule has 1 fully saturated rings. The number of para-hydroxylation sites is 2. The lowest BCUT2D eigenvalue weighted by Crippen LogP contribution is -2.44. The first-order valence-electron chi connectivity index (χ1n) is 10.5. The quantitative estimate of drug-likeness (QED) is 0.514. The van der Waals surface area contributed by atoms with Crippen LogP contribution in [0.25, 0.3) is 22.4 Å². The minimum absolute atomic E-state index is 0.0589. The van der Waals surface area contributed by atoms with E-state index < -0.39 is 6.04 Å². The number of H-pyrrole nitrogens is 1. The van der Waals surface area contributed by atoms with Gasteiger partial charge in [0, 0.05) is 24.3 Å². The number of aromatic nitrogens is 2. The van der Waals surface area contributed by atoms with Crippen molar-refractivity contribution in [3.8, 4) is 11.4 Å². The molecule has 1 unspecified atom stereocenters. The Morgan fingerprint density at radius 1 is 0.968 bits per heavy atom. The number of hydrogen-bond acceptors (Lipinski definition) is 4. The number of morpholine rings is 1. The topological polar surface area (TPSA) is 70.2 Å². The molecular formula is C25H24N4O2. The van der Waals surface area contributed by atoms with Gasteiger partial charge in [-0.15, -0.1) is 0 Å². The Labute approximate surface area is 180 Å². The van der Waals surface area contributed by atoms with E-state index in [1.54, 1.807) is 0 Å². The predicted octanol–water partition coefficient (Wildman–Crippen LogP) is 4.24. The van der Waals surface area contributed by atoms with Gasteiger partial charge in [-0.2, -0.15) is 0 Å². The van der Waals surface area contributed by atoms with E-state index in [0.717, 1.165) is 33.7 Å². The lowest BCUT2D eigenvalue weighted by atomic mass is 10.0. The predicted molar refractivity (Wildman–Crippen MR) is 122 cm³/mol. The van der Waals surface area contributed by atoms with Crippen molar-refractivity contribution in [1.29, 1.82) is 0 Å². The smallest absolute Gasteiger partial charge is 0.249 e. The van der Waals surface area contributed by atoms with E-state index in [0.29, 0.717) is 26.3 Å². The zero-order valence-electron chi connectivity index (χ0n) is 17.1. The summed E-state index contributed by atoms with van der Waals surface area (Å²) in [6, 6.07) is 25.4. The summed E-state index contributed by atoms with van der Waals surface area (Å²) in [5.74, 6) is 0.865. The fraction of sp³-hybridized carbons (Fsp3) is 0.200. The molecule has 0 saturated carbocycles. The maximum absolute atomic E-state index is 13.4. The van der Waals surface area contributed by atoms with Crippen LogP contribution in [-0.2, 0) is 9.53 Å². The van der Waals surface area contributed by atoms with Crippen LogP contribution in [0.3, 0.4) is 0 Å². The zero-order chi connectivity index (χ0) is 21.0. The van der Waals surface area contributed by atoms with Crippen molar-refractivity contribution in [1.82, 2.24) is 14.9 Å². The maximum Gasteiger partial charge on any atom is 0.249 e. The molecule has 0 radical (unpaired) electrons. The summed E-state index contributed by atoms with van der Waals surface area (Å²) < 4.78 is 5.42. The van der Waals surface area contributed by atoms with Crippen LogP contribution in [-0.4, -0.2) is 47.1 Å². The number of anilines is 1. The van der Waals surface area contributed by atoms with Gasteiger partial charge in [0.1, 0.15) is 11.9 Å². The third kappa shape index (κ3) is 4.15. The van der Waals surface area contributed by atoms with Crippen molar-refractivity contribution in [3.05, 3.63) is 84.4 Å². The average Bonchev–Trinajstić information content (AvgIpc) is 3.28. The molecule has 1 aliphatic rings. The number of rotatable bonds is 5. The van der Waals surface area contributed by atoms with Gasteiger partial charge in [-0.05, 0) is 29.8 Å². The monoisotopic (exact) mass is 412 g/mol. The van der Waals surface area contributed by atoms with Gasteiger partial charge in [0.2, 0.25) is 5.91 Å². The van der Waals surface area contributed by atoms with E-state index in [9.17, 15) is 4.79 Å². The van der Waals surface area contributed by atoms with E-state index >= 15 is 0 Å². The fourth-order valence-electron chi connectivity index (χ4n) is 3.91. The molecule has 1 atom stereocenters. The molecule has 1 aliphatic heterocycles.